The Morgan fingerprint density at radius 2 is 2.47 bits per heavy atom. The van der Waals surface area contributed by atoms with Gasteiger partial charge < -0.3 is 21.1 Å². The molecule has 0 aliphatic carbocycles. The lowest BCUT2D eigenvalue weighted by molar-refractivity contribution is 0.0354. The van der Waals surface area contributed by atoms with Crippen LogP contribution in [0, 0.1) is 0 Å². The molecule has 17 heavy (non-hydrogen) atoms. The molecular formula is C10H16N4O2S. The number of piperidine rings is 1. The van der Waals surface area contributed by atoms with Crippen LogP contribution < -0.4 is 16.6 Å². The highest BCUT2D eigenvalue weighted by atomic mass is 32.2. The average Bonchev–Trinajstić information content (AvgIpc) is 2.19. The van der Waals surface area contributed by atoms with Gasteiger partial charge in [-0.25, -0.2) is 4.98 Å². The van der Waals surface area contributed by atoms with E-state index in [-0.39, 0.29) is 16.6 Å². The number of hydrogen-bond donors (Lipinski definition) is 4. The number of aliphatic hydroxyl groups is 1. The number of H-pyrrole nitrogens is 1. The number of anilines is 1. The van der Waals surface area contributed by atoms with Crippen LogP contribution in [-0.2, 0) is 0 Å². The summed E-state index contributed by atoms with van der Waals surface area (Å²) in [4.78, 5) is 17.9. The quantitative estimate of drug-likeness (QED) is 0.535. The third-order valence-corrected chi connectivity index (χ3v) is 4.20. The van der Waals surface area contributed by atoms with E-state index >= 15 is 0 Å². The van der Waals surface area contributed by atoms with Crippen molar-refractivity contribution in [1.29, 1.82) is 0 Å². The molecule has 0 amide bonds. The molecular weight excluding hydrogens is 240 g/mol. The number of nitrogen functional groups attached to an aromatic ring is 1. The lowest BCUT2D eigenvalue weighted by Crippen LogP contribution is -2.50. The van der Waals surface area contributed by atoms with Gasteiger partial charge in [-0.05, 0) is 19.9 Å². The number of nitrogens with two attached hydrogens (primary N) is 1. The van der Waals surface area contributed by atoms with Crippen LogP contribution in [0.25, 0.3) is 0 Å². The molecule has 0 radical (unpaired) electrons. The first-order chi connectivity index (χ1) is 7.97. The molecule has 7 heteroatoms. The molecule has 6 nitrogen and oxygen atoms in total. The Balaban J connectivity index is 2.16. The van der Waals surface area contributed by atoms with Crippen molar-refractivity contribution in [3.8, 4) is 0 Å². The summed E-state index contributed by atoms with van der Waals surface area (Å²) < 4.78 is 0. The van der Waals surface area contributed by atoms with Crippen LogP contribution in [0.2, 0.25) is 0 Å². The lowest BCUT2D eigenvalue weighted by Gasteiger charge is -2.36. The molecule has 0 spiro atoms. The number of nitrogens with zero attached hydrogens (tertiary/aromatic N) is 1. The molecule has 1 aromatic heterocycles. The van der Waals surface area contributed by atoms with Gasteiger partial charge in [0.2, 0.25) is 0 Å². The summed E-state index contributed by atoms with van der Waals surface area (Å²) in [5.74, 6) is 0.194. The van der Waals surface area contributed by atoms with Gasteiger partial charge in [-0.1, -0.05) is 11.8 Å². The van der Waals surface area contributed by atoms with Crippen LogP contribution in [0.5, 0.6) is 0 Å². The maximum atomic E-state index is 11.2. The van der Waals surface area contributed by atoms with Crippen molar-refractivity contribution >= 4 is 17.6 Å². The fourth-order valence-corrected chi connectivity index (χ4v) is 2.93. The second kappa shape index (κ2) is 4.67. The van der Waals surface area contributed by atoms with Crippen molar-refractivity contribution in [2.75, 3.05) is 18.8 Å². The third-order valence-electron chi connectivity index (χ3n) is 2.82. The minimum absolute atomic E-state index is 0.0544. The second-order valence-electron chi connectivity index (χ2n) is 4.39. The monoisotopic (exact) mass is 256 g/mol. The predicted octanol–water partition coefficient (Wildman–Crippen LogP) is -0.443. The molecule has 0 saturated carbocycles. The number of rotatable bonds is 2. The topological polar surface area (TPSA) is 104 Å². The van der Waals surface area contributed by atoms with E-state index in [9.17, 15) is 9.90 Å². The fourth-order valence-electron chi connectivity index (χ4n) is 1.77. The fraction of sp³-hybridized carbons (Fsp3) is 0.600. The number of nitrogens with one attached hydrogen (secondary N) is 2. The van der Waals surface area contributed by atoms with Crippen LogP contribution in [0.1, 0.15) is 13.3 Å². The Bertz CT molecular complexity index is 460. The van der Waals surface area contributed by atoms with Gasteiger partial charge in [0.05, 0.1) is 10.9 Å². The minimum atomic E-state index is -0.765. The average molecular weight is 256 g/mol. The van der Waals surface area contributed by atoms with Gasteiger partial charge in [-0.3, -0.25) is 4.79 Å². The van der Waals surface area contributed by atoms with Gasteiger partial charge in [-0.15, -0.1) is 0 Å². The maximum Gasteiger partial charge on any atom is 0.253 e. The normalized spacial score (nSPS) is 29.2. The third kappa shape index (κ3) is 2.99. The van der Waals surface area contributed by atoms with E-state index in [4.69, 9.17) is 5.73 Å². The molecule has 5 N–H and O–H groups in total. The molecule has 0 aromatic carbocycles. The molecule has 1 aliphatic rings. The Morgan fingerprint density at radius 1 is 1.71 bits per heavy atom. The predicted molar refractivity (Wildman–Crippen MR) is 67.0 cm³/mol. The Hall–Kier alpha value is -1.05. The Morgan fingerprint density at radius 3 is 3.12 bits per heavy atom. The highest BCUT2D eigenvalue weighted by molar-refractivity contribution is 7.99. The lowest BCUT2D eigenvalue weighted by atomic mass is 9.94. The largest absolute Gasteiger partial charge is 0.389 e. The molecule has 2 heterocycles. The maximum absolute atomic E-state index is 11.2. The van der Waals surface area contributed by atoms with Gasteiger partial charge >= 0.3 is 0 Å². The molecule has 2 unspecified atom stereocenters. The molecule has 1 aliphatic heterocycles. The molecule has 1 saturated heterocycles. The van der Waals surface area contributed by atoms with E-state index in [1.54, 1.807) is 6.92 Å². The van der Waals surface area contributed by atoms with Gasteiger partial charge in [0, 0.05) is 12.6 Å². The summed E-state index contributed by atoms with van der Waals surface area (Å²) in [6, 6.07) is 1.24. The smallest absolute Gasteiger partial charge is 0.253 e. The van der Waals surface area contributed by atoms with E-state index in [2.05, 4.69) is 15.3 Å². The van der Waals surface area contributed by atoms with E-state index < -0.39 is 5.60 Å². The van der Waals surface area contributed by atoms with Crippen molar-refractivity contribution in [3.05, 3.63) is 16.4 Å². The van der Waals surface area contributed by atoms with E-state index in [0.717, 1.165) is 6.54 Å². The summed E-state index contributed by atoms with van der Waals surface area (Å²) in [6.07, 6.45) is 0.678. The second-order valence-corrected chi connectivity index (χ2v) is 5.58. The first-order valence-corrected chi connectivity index (χ1v) is 6.32. The molecule has 2 rings (SSSR count). The summed E-state index contributed by atoms with van der Waals surface area (Å²) in [6.45, 7) is 3.27. The summed E-state index contributed by atoms with van der Waals surface area (Å²) in [5, 5.41) is 13.8. The van der Waals surface area contributed by atoms with Crippen molar-refractivity contribution in [2.45, 2.75) is 29.4 Å². The minimum Gasteiger partial charge on any atom is -0.389 e. The Labute approximate surface area is 103 Å². The standard InChI is InChI=1S/C10H16N4O2S/c1-10(16)2-3-12-5-6(10)17-9-13-7(11)4-8(15)14-9/h4,6,12,16H,2-3,5H2,1H3,(H3,11,13,14,15). The van der Waals surface area contributed by atoms with Gasteiger partial charge in [-0.2, -0.15) is 0 Å². The van der Waals surface area contributed by atoms with Gasteiger partial charge in [0.1, 0.15) is 5.82 Å². The van der Waals surface area contributed by atoms with Crippen molar-refractivity contribution in [2.24, 2.45) is 0 Å². The highest BCUT2D eigenvalue weighted by Crippen LogP contribution is 2.31. The first-order valence-electron chi connectivity index (χ1n) is 5.44. The number of aromatic nitrogens is 2. The zero-order valence-corrected chi connectivity index (χ0v) is 10.4. The van der Waals surface area contributed by atoms with E-state index in [1.165, 1.54) is 17.8 Å². The van der Waals surface area contributed by atoms with Crippen LogP contribution in [0.3, 0.4) is 0 Å². The van der Waals surface area contributed by atoms with Crippen molar-refractivity contribution in [3.63, 3.8) is 0 Å². The highest BCUT2D eigenvalue weighted by Gasteiger charge is 2.35. The zero-order chi connectivity index (χ0) is 12.5. The zero-order valence-electron chi connectivity index (χ0n) is 9.56. The molecule has 1 aromatic rings. The molecule has 0 bridgehead atoms. The molecule has 94 valence electrons. The van der Waals surface area contributed by atoms with Gasteiger partial charge in [0.25, 0.3) is 5.56 Å². The first kappa shape index (κ1) is 12.4. The van der Waals surface area contributed by atoms with Crippen LogP contribution in [0.4, 0.5) is 5.82 Å². The van der Waals surface area contributed by atoms with Crippen LogP contribution in [-0.4, -0.2) is 39.0 Å². The number of hydrogen-bond acceptors (Lipinski definition) is 6. The number of thioether (sulfide) groups is 1. The van der Waals surface area contributed by atoms with Crippen LogP contribution in [0.15, 0.2) is 16.0 Å². The molecule has 2 atom stereocenters. The summed E-state index contributed by atoms with van der Waals surface area (Å²) in [7, 11) is 0. The number of aromatic amines is 1. The van der Waals surface area contributed by atoms with E-state index in [0.29, 0.717) is 18.1 Å². The molecule has 1 fully saturated rings. The summed E-state index contributed by atoms with van der Waals surface area (Å²) in [5.41, 5.74) is 4.47. The van der Waals surface area contributed by atoms with Crippen molar-refractivity contribution < 1.29 is 5.11 Å². The SMILES string of the molecule is CC1(O)CCNCC1Sc1nc(N)cc(=O)[nH]1. The van der Waals surface area contributed by atoms with Crippen molar-refractivity contribution in [1.82, 2.24) is 15.3 Å². The Kier molecular flexibility index (Phi) is 3.41. The summed E-state index contributed by atoms with van der Waals surface area (Å²) >= 11 is 1.34. The van der Waals surface area contributed by atoms with E-state index in [1.807, 2.05) is 0 Å². The van der Waals surface area contributed by atoms with Crippen LogP contribution >= 0.6 is 11.8 Å². The van der Waals surface area contributed by atoms with Gasteiger partial charge in [0.15, 0.2) is 5.16 Å².